The molecule has 44 heavy (non-hydrogen) atoms. The fraction of sp³-hybridized carbons (Fsp3) is 0. The molecule has 0 saturated heterocycles. The quantitative estimate of drug-likeness (QED) is 0.213. The number of fused-ring (bicyclic) bond motifs is 7. The maximum Gasteiger partial charge on any atom is 0.178 e. The van der Waals surface area contributed by atoms with Crippen molar-refractivity contribution < 1.29 is 8.83 Å². The highest BCUT2D eigenvalue weighted by Gasteiger charge is 2.17. The zero-order chi connectivity index (χ0) is 29.0. The molecule has 0 aliphatic carbocycles. The van der Waals surface area contributed by atoms with Crippen molar-refractivity contribution in [3.63, 3.8) is 0 Å². The Morgan fingerprint density at radius 3 is 1.64 bits per heavy atom. The highest BCUT2D eigenvalue weighted by Crippen LogP contribution is 2.41. The first-order chi connectivity index (χ1) is 21.8. The Hall–Kier alpha value is -6.00. The number of pyridine rings is 2. The predicted octanol–water partition coefficient (Wildman–Crippen LogP) is 10.9. The number of aromatic nitrogens is 2. The molecule has 4 aromatic heterocycles. The Morgan fingerprint density at radius 1 is 0.364 bits per heavy atom. The van der Waals surface area contributed by atoms with Crippen LogP contribution >= 0.6 is 0 Å². The summed E-state index contributed by atoms with van der Waals surface area (Å²) in [7, 11) is 0. The van der Waals surface area contributed by atoms with Crippen molar-refractivity contribution >= 4 is 43.9 Å². The van der Waals surface area contributed by atoms with Crippen LogP contribution in [0.1, 0.15) is 0 Å². The van der Waals surface area contributed by atoms with Crippen LogP contribution in [0.15, 0.2) is 155 Å². The van der Waals surface area contributed by atoms with Gasteiger partial charge >= 0.3 is 0 Å². The summed E-state index contributed by atoms with van der Waals surface area (Å²) in [5, 5.41) is 4.24. The standard InChI is InChI=1S/C40H24N2O2/c1-2-8-25(9-3-1)27-15-19-37-32(23-27)30-17-18-31-33-24-28(16-20-38(33)44-40(31)39(30)43-37)26-10-6-11-29(22-26)34-13-7-14-36(42-34)35-12-4-5-21-41-35/h1-24H. The van der Waals surface area contributed by atoms with Gasteiger partial charge in [-0.25, -0.2) is 4.98 Å². The monoisotopic (exact) mass is 564 g/mol. The lowest BCUT2D eigenvalue weighted by Crippen LogP contribution is -1.90. The van der Waals surface area contributed by atoms with E-state index < -0.39 is 0 Å². The number of nitrogens with zero attached hydrogens (tertiary/aromatic N) is 2. The molecule has 0 aliphatic heterocycles. The van der Waals surface area contributed by atoms with Crippen molar-refractivity contribution in [2.45, 2.75) is 0 Å². The first-order valence-corrected chi connectivity index (χ1v) is 14.6. The van der Waals surface area contributed by atoms with E-state index in [1.807, 2.05) is 42.5 Å². The van der Waals surface area contributed by atoms with Crippen molar-refractivity contribution in [1.29, 1.82) is 0 Å². The molecule has 206 valence electrons. The lowest BCUT2D eigenvalue weighted by molar-refractivity contribution is 0.633. The van der Waals surface area contributed by atoms with Gasteiger partial charge in [-0.1, -0.05) is 72.8 Å². The molecule has 0 saturated carbocycles. The predicted molar refractivity (Wildman–Crippen MR) is 178 cm³/mol. The third-order valence-corrected chi connectivity index (χ3v) is 8.35. The second kappa shape index (κ2) is 9.79. The molecule has 4 heteroatoms. The van der Waals surface area contributed by atoms with Crippen LogP contribution in [0.5, 0.6) is 0 Å². The average Bonchev–Trinajstić information content (AvgIpc) is 3.67. The van der Waals surface area contributed by atoms with Crippen molar-refractivity contribution in [2.24, 2.45) is 0 Å². The molecule has 0 atom stereocenters. The molecule has 0 bridgehead atoms. The Kier molecular flexibility index (Phi) is 5.47. The van der Waals surface area contributed by atoms with Gasteiger partial charge in [-0.15, -0.1) is 0 Å². The summed E-state index contributed by atoms with van der Waals surface area (Å²) in [4.78, 5) is 9.38. The van der Waals surface area contributed by atoms with Crippen LogP contribution in [-0.4, -0.2) is 9.97 Å². The average molecular weight is 565 g/mol. The zero-order valence-corrected chi connectivity index (χ0v) is 23.6. The zero-order valence-electron chi connectivity index (χ0n) is 23.6. The van der Waals surface area contributed by atoms with Gasteiger partial charge in [-0.05, 0) is 89.0 Å². The first-order valence-electron chi connectivity index (χ1n) is 14.6. The second-order valence-electron chi connectivity index (χ2n) is 11.0. The van der Waals surface area contributed by atoms with E-state index >= 15 is 0 Å². The summed E-state index contributed by atoms with van der Waals surface area (Å²) in [6.45, 7) is 0. The Morgan fingerprint density at radius 2 is 0.932 bits per heavy atom. The molecule has 9 aromatic rings. The minimum atomic E-state index is 0.774. The van der Waals surface area contributed by atoms with Gasteiger partial charge in [0.25, 0.3) is 0 Å². The molecule has 0 radical (unpaired) electrons. The van der Waals surface area contributed by atoms with Crippen LogP contribution in [0.2, 0.25) is 0 Å². The SMILES string of the molecule is c1ccc(-c2ccc3oc4c(ccc5c6cc(-c7cccc(-c8cccc(-c9ccccn9)n8)c7)ccc6oc54)c3c2)cc1. The van der Waals surface area contributed by atoms with Gasteiger partial charge in [0.2, 0.25) is 0 Å². The number of hydrogen-bond acceptors (Lipinski definition) is 4. The topological polar surface area (TPSA) is 52.1 Å². The summed E-state index contributed by atoms with van der Waals surface area (Å²) in [6.07, 6.45) is 1.79. The van der Waals surface area contributed by atoms with Gasteiger partial charge in [-0.2, -0.15) is 0 Å². The number of rotatable bonds is 4. The van der Waals surface area contributed by atoms with E-state index in [4.69, 9.17) is 13.8 Å². The number of furan rings is 2. The van der Waals surface area contributed by atoms with E-state index in [9.17, 15) is 0 Å². The van der Waals surface area contributed by atoms with E-state index in [-0.39, 0.29) is 0 Å². The third-order valence-electron chi connectivity index (χ3n) is 8.35. The fourth-order valence-corrected chi connectivity index (χ4v) is 6.17. The minimum absolute atomic E-state index is 0.774. The van der Waals surface area contributed by atoms with Crippen LogP contribution in [0, 0.1) is 0 Å². The van der Waals surface area contributed by atoms with Crippen LogP contribution in [-0.2, 0) is 0 Å². The van der Waals surface area contributed by atoms with E-state index in [0.717, 1.165) is 83.2 Å². The van der Waals surface area contributed by atoms with Crippen molar-refractivity contribution in [3.05, 3.63) is 146 Å². The normalized spacial score (nSPS) is 11.6. The third kappa shape index (κ3) is 4.00. The van der Waals surface area contributed by atoms with Gasteiger partial charge in [0.1, 0.15) is 11.2 Å². The van der Waals surface area contributed by atoms with E-state index in [2.05, 4.69) is 102 Å². The summed E-state index contributed by atoms with van der Waals surface area (Å²) in [5.41, 5.74) is 11.5. The molecule has 0 unspecified atom stereocenters. The van der Waals surface area contributed by atoms with Crippen molar-refractivity contribution in [2.75, 3.05) is 0 Å². The summed E-state index contributed by atoms with van der Waals surface area (Å²) >= 11 is 0. The Bertz CT molecular complexity index is 2490. The van der Waals surface area contributed by atoms with Crippen LogP contribution < -0.4 is 0 Å². The lowest BCUT2D eigenvalue weighted by atomic mass is 9.99. The molecule has 0 spiro atoms. The molecular formula is C40H24N2O2. The molecule has 0 amide bonds. The van der Waals surface area contributed by atoms with Crippen molar-refractivity contribution in [3.8, 4) is 44.9 Å². The largest absolute Gasteiger partial charge is 0.452 e. The summed E-state index contributed by atoms with van der Waals surface area (Å²) < 4.78 is 12.8. The minimum Gasteiger partial charge on any atom is -0.452 e. The maximum atomic E-state index is 6.44. The number of benzene rings is 5. The highest BCUT2D eigenvalue weighted by atomic mass is 16.4. The van der Waals surface area contributed by atoms with Crippen molar-refractivity contribution in [1.82, 2.24) is 9.97 Å². The van der Waals surface area contributed by atoms with Gasteiger partial charge in [0.05, 0.1) is 17.1 Å². The van der Waals surface area contributed by atoms with Crippen LogP contribution in [0.4, 0.5) is 0 Å². The van der Waals surface area contributed by atoms with Crippen LogP contribution in [0.25, 0.3) is 88.8 Å². The van der Waals surface area contributed by atoms with E-state index in [1.165, 1.54) is 5.56 Å². The highest BCUT2D eigenvalue weighted by molar-refractivity contribution is 6.19. The molecule has 5 aromatic carbocycles. The maximum absolute atomic E-state index is 6.44. The van der Waals surface area contributed by atoms with Gasteiger partial charge in [0.15, 0.2) is 11.2 Å². The Labute approximate surface area is 252 Å². The summed E-state index contributed by atoms with van der Waals surface area (Å²) in [6, 6.07) is 47.9. The molecule has 0 fully saturated rings. The van der Waals surface area contributed by atoms with E-state index in [1.54, 1.807) is 6.20 Å². The smallest absolute Gasteiger partial charge is 0.178 e. The van der Waals surface area contributed by atoms with Gasteiger partial charge in [-0.3, -0.25) is 4.98 Å². The lowest BCUT2D eigenvalue weighted by Gasteiger charge is -2.07. The van der Waals surface area contributed by atoms with Crippen LogP contribution in [0.3, 0.4) is 0 Å². The number of hydrogen-bond donors (Lipinski definition) is 0. The van der Waals surface area contributed by atoms with E-state index in [0.29, 0.717) is 0 Å². The molecule has 0 aliphatic rings. The fourth-order valence-electron chi connectivity index (χ4n) is 6.17. The second-order valence-corrected chi connectivity index (χ2v) is 11.0. The molecule has 9 rings (SSSR count). The Balaban J connectivity index is 1.13. The molecule has 0 N–H and O–H groups in total. The van der Waals surface area contributed by atoms with Gasteiger partial charge < -0.3 is 8.83 Å². The van der Waals surface area contributed by atoms with Gasteiger partial charge in [0, 0.05) is 33.3 Å². The molecule has 4 nitrogen and oxygen atoms in total. The molecular weight excluding hydrogens is 540 g/mol. The summed E-state index contributed by atoms with van der Waals surface area (Å²) in [5.74, 6) is 0. The molecule has 4 heterocycles. The first kappa shape index (κ1) is 24.6.